The van der Waals surface area contributed by atoms with Gasteiger partial charge in [-0.25, -0.2) is 4.79 Å². The Labute approximate surface area is 147 Å². The second-order valence-electron chi connectivity index (χ2n) is 5.90. The fourth-order valence-electron chi connectivity index (χ4n) is 2.71. The molecule has 0 aliphatic heterocycles. The normalized spacial score (nSPS) is 10.7. The molecule has 0 bridgehead atoms. The van der Waals surface area contributed by atoms with Gasteiger partial charge in [0.25, 0.3) is 0 Å². The molecule has 0 atom stereocenters. The number of rotatable bonds is 8. The van der Waals surface area contributed by atoms with Gasteiger partial charge in [0.05, 0.1) is 5.56 Å². The first-order chi connectivity index (χ1) is 11.9. The molecule has 134 valence electrons. The van der Waals surface area contributed by atoms with Gasteiger partial charge in [-0.2, -0.15) is 0 Å². The zero-order valence-corrected chi connectivity index (χ0v) is 14.9. The number of carbonyl (C=O) groups excluding carboxylic acids is 2. The van der Waals surface area contributed by atoms with Crippen molar-refractivity contribution in [1.29, 1.82) is 0 Å². The molecule has 0 saturated carbocycles. The van der Waals surface area contributed by atoms with Crippen LogP contribution < -0.4 is 5.73 Å². The van der Waals surface area contributed by atoms with Gasteiger partial charge in [0.2, 0.25) is 5.78 Å². The van der Waals surface area contributed by atoms with Crippen LogP contribution in [-0.2, 0) is 16.0 Å². The summed E-state index contributed by atoms with van der Waals surface area (Å²) in [6, 6.07) is 8.22. The van der Waals surface area contributed by atoms with Crippen LogP contribution in [0.4, 0.5) is 5.69 Å². The molecular weight excluding hydrogens is 320 g/mol. The zero-order chi connectivity index (χ0) is 18.4. The van der Waals surface area contributed by atoms with Crippen molar-refractivity contribution in [3.05, 3.63) is 52.8 Å². The van der Waals surface area contributed by atoms with E-state index in [4.69, 9.17) is 15.2 Å². The van der Waals surface area contributed by atoms with Gasteiger partial charge in [0.1, 0.15) is 0 Å². The number of methoxy groups -OCH3 is 1. The van der Waals surface area contributed by atoms with Gasteiger partial charge in [-0.15, -0.1) is 0 Å². The largest absolute Gasteiger partial charge is 0.454 e. The summed E-state index contributed by atoms with van der Waals surface area (Å²) in [6.07, 6.45) is 0.868. The Kier molecular flexibility index (Phi) is 6.36. The van der Waals surface area contributed by atoms with Crippen molar-refractivity contribution >= 4 is 17.4 Å². The summed E-state index contributed by atoms with van der Waals surface area (Å²) in [5.74, 6) is -0.753. The molecule has 1 heterocycles. The molecule has 2 N–H and O–H groups in total. The summed E-state index contributed by atoms with van der Waals surface area (Å²) in [4.78, 5) is 24.4. The number of aromatic nitrogens is 1. The number of nitrogens with two attached hydrogens (primary N) is 1. The highest BCUT2D eigenvalue weighted by atomic mass is 16.5. The van der Waals surface area contributed by atoms with Gasteiger partial charge in [-0.1, -0.05) is 0 Å². The van der Waals surface area contributed by atoms with Crippen molar-refractivity contribution in [1.82, 2.24) is 4.57 Å². The molecule has 0 fully saturated rings. The highest BCUT2D eigenvalue weighted by Gasteiger charge is 2.17. The Morgan fingerprint density at radius 2 is 1.84 bits per heavy atom. The van der Waals surface area contributed by atoms with Crippen LogP contribution in [0.25, 0.3) is 0 Å². The van der Waals surface area contributed by atoms with Crippen LogP contribution in [-0.4, -0.2) is 36.6 Å². The summed E-state index contributed by atoms with van der Waals surface area (Å²) >= 11 is 0. The van der Waals surface area contributed by atoms with Crippen molar-refractivity contribution in [2.24, 2.45) is 0 Å². The standard InChI is InChI=1S/C19H24N2O4/c1-13-11-17(14(2)21(13)9-4-10-24-3)18(22)12-25-19(23)15-5-7-16(20)8-6-15/h5-8,11H,4,9-10,12,20H2,1-3H3. The molecule has 0 spiro atoms. The van der Waals surface area contributed by atoms with Crippen molar-refractivity contribution in [3.63, 3.8) is 0 Å². The number of nitrogen functional groups attached to an aromatic ring is 1. The second-order valence-corrected chi connectivity index (χ2v) is 5.90. The van der Waals surface area contributed by atoms with E-state index in [0.717, 1.165) is 24.4 Å². The summed E-state index contributed by atoms with van der Waals surface area (Å²) in [5.41, 5.74) is 8.98. The monoisotopic (exact) mass is 344 g/mol. The van der Waals surface area contributed by atoms with Crippen LogP contribution in [0.2, 0.25) is 0 Å². The number of benzene rings is 1. The summed E-state index contributed by atoms with van der Waals surface area (Å²) in [5, 5.41) is 0. The Hall–Kier alpha value is -2.60. The van der Waals surface area contributed by atoms with Crippen LogP contribution in [0.15, 0.2) is 30.3 Å². The average molecular weight is 344 g/mol. The second kappa shape index (κ2) is 8.48. The maximum atomic E-state index is 12.4. The Morgan fingerprint density at radius 1 is 1.16 bits per heavy atom. The van der Waals surface area contributed by atoms with E-state index in [1.54, 1.807) is 31.4 Å². The first-order valence-electron chi connectivity index (χ1n) is 8.15. The third-order valence-corrected chi connectivity index (χ3v) is 4.08. The third kappa shape index (κ3) is 4.70. The molecule has 0 aliphatic rings. The molecule has 1 aromatic heterocycles. The molecule has 2 aromatic rings. The number of esters is 1. The van der Waals surface area contributed by atoms with E-state index in [9.17, 15) is 9.59 Å². The number of anilines is 1. The number of ether oxygens (including phenoxy) is 2. The van der Waals surface area contributed by atoms with Crippen molar-refractivity contribution in [2.45, 2.75) is 26.8 Å². The number of nitrogens with zero attached hydrogens (tertiary/aromatic N) is 1. The SMILES string of the molecule is COCCCn1c(C)cc(C(=O)COC(=O)c2ccc(N)cc2)c1C. The van der Waals surface area contributed by atoms with Gasteiger partial charge >= 0.3 is 5.97 Å². The van der Waals surface area contributed by atoms with Gasteiger partial charge in [0, 0.05) is 42.9 Å². The third-order valence-electron chi connectivity index (χ3n) is 4.08. The van der Waals surface area contributed by atoms with E-state index in [-0.39, 0.29) is 12.4 Å². The number of hydrogen-bond donors (Lipinski definition) is 1. The topological polar surface area (TPSA) is 83.5 Å². The maximum absolute atomic E-state index is 12.4. The number of Topliss-reactive ketones (excluding diaryl/α,β-unsaturated/α-hetero) is 1. The van der Waals surface area contributed by atoms with Crippen LogP contribution >= 0.6 is 0 Å². The molecule has 0 unspecified atom stereocenters. The minimum atomic E-state index is -0.540. The lowest BCUT2D eigenvalue weighted by Crippen LogP contribution is -2.15. The molecule has 25 heavy (non-hydrogen) atoms. The smallest absolute Gasteiger partial charge is 0.338 e. The Morgan fingerprint density at radius 3 is 2.48 bits per heavy atom. The predicted molar refractivity (Wildman–Crippen MR) is 95.9 cm³/mol. The van der Waals surface area contributed by atoms with Crippen LogP contribution in [0, 0.1) is 13.8 Å². The van der Waals surface area contributed by atoms with Gasteiger partial charge in [-0.3, -0.25) is 4.79 Å². The lowest BCUT2D eigenvalue weighted by atomic mass is 10.1. The lowest BCUT2D eigenvalue weighted by molar-refractivity contribution is 0.0474. The van der Waals surface area contributed by atoms with Crippen molar-refractivity contribution < 1.29 is 19.1 Å². The zero-order valence-electron chi connectivity index (χ0n) is 14.9. The molecule has 0 saturated heterocycles. The lowest BCUT2D eigenvalue weighted by Gasteiger charge is -2.09. The van der Waals surface area contributed by atoms with Gasteiger partial charge in [0.15, 0.2) is 6.61 Å². The molecule has 6 heteroatoms. The quantitative estimate of drug-likeness (QED) is 0.344. The van der Waals surface area contributed by atoms with Crippen LogP contribution in [0.3, 0.4) is 0 Å². The highest BCUT2D eigenvalue weighted by molar-refractivity contribution is 6.00. The maximum Gasteiger partial charge on any atom is 0.338 e. The van der Waals surface area contributed by atoms with Crippen molar-refractivity contribution in [3.8, 4) is 0 Å². The summed E-state index contributed by atoms with van der Waals surface area (Å²) in [6.45, 7) is 5.01. The first-order valence-corrected chi connectivity index (χ1v) is 8.15. The minimum Gasteiger partial charge on any atom is -0.454 e. The molecular formula is C19H24N2O4. The molecule has 0 aliphatic carbocycles. The Balaban J connectivity index is 1.99. The fourth-order valence-corrected chi connectivity index (χ4v) is 2.71. The van der Waals surface area contributed by atoms with Gasteiger partial charge in [-0.05, 0) is 50.6 Å². The highest BCUT2D eigenvalue weighted by Crippen LogP contribution is 2.17. The number of hydrogen-bond acceptors (Lipinski definition) is 5. The van der Waals surface area contributed by atoms with Gasteiger partial charge < -0.3 is 19.8 Å². The van der Waals surface area contributed by atoms with Crippen LogP contribution in [0.5, 0.6) is 0 Å². The minimum absolute atomic E-state index is 0.213. The first kappa shape index (κ1) is 18.7. The number of aryl methyl sites for hydroxylation is 1. The number of carbonyl (C=O) groups is 2. The van der Waals surface area contributed by atoms with Crippen molar-refractivity contribution in [2.75, 3.05) is 26.1 Å². The van der Waals surface area contributed by atoms with E-state index in [0.29, 0.717) is 23.4 Å². The Bertz CT molecular complexity index is 748. The van der Waals surface area contributed by atoms with E-state index in [2.05, 4.69) is 4.57 Å². The summed E-state index contributed by atoms with van der Waals surface area (Å²) in [7, 11) is 1.67. The summed E-state index contributed by atoms with van der Waals surface area (Å²) < 4.78 is 12.3. The molecule has 6 nitrogen and oxygen atoms in total. The number of ketones is 1. The fraction of sp³-hybridized carbons (Fsp3) is 0.368. The average Bonchev–Trinajstić information content (AvgIpc) is 2.88. The van der Waals surface area contributed by atoms with E-state index < -0.39 is 5.97 Å². The molecule has 2 rings (SSSR count). The van der Waals surface area contributed by atoms with E-state index in [1.807, 2.05) is 19.9 Å². The predicted octanol–water partition coefficient (Wildman–Crippen LogP) is 2.76. The van der Waals surface area contributed by atoms with Crippen LogP contribution in [0.1, 0.15) is 38.5 Å². The molecule has 0 amide bonds. The molecule has 1 aromatic carbocycles. The van der Waals surface area contributed by atoms with E-state index in [1.165, 1.54) is 0 Å². The molecule has 0 radical (unpaired) electrons. The van der Waals surface area contributed by atoms with E-state index >= 15 is 0 Å².